The Morgan fingerprint density at radius 3 is 2.68 bits per heavy atom. The molecule has 1 aromatic heterocycles. The summed E-state index contributed by atoms with van der Waals surface area (Å²) in [6.45, 7) is 7.91. The van der Waals surface area contributed by atoms with Gasteiger partial charge in [0.25, 0.3) is 0 Å². The van der Waals surface area contributed by atoms with Crippen molar-refractivity contribution in [3.63, 3.8) is 0 Å². The third-order valence-corrected chi connectivity index (χ3v) is 6.47. The van der Waals surface area contributed by atoms with Crippen molar-refractivity contribution in [3.05, 3.63) is 28.8 Å². The fraction of sp³-hybridized carbons (Fsp3) is 0.611. The van der Waals surface area contributed by atoms with Gasteiger partial charge in [-0.2, -0.15) is 0 Å². The maximum Gasteiger partial charge on any atom is 0.114 e. The van der Waals surface area contributed by atoms with Gasteiger partial charge in [-0.25, -0.2) is 4.98 Å². The van der Waals surface area contributed by atoms with E-state index < -0.39 is 0 Å². The Kier molecular flexibility index (Phi) is 4.27. The van der Waals surface area contributed by atoms with Crippen LogP contribution in [0, 0.1) is 5.92 Å². The molecule has 1 saturated heterocycles. The lowest BCUT2D eigenvalue weighted by Gasteiger charge is -2.30. The second-order valence-electron chi connectivity index (χ2n) is 7.34. The number of aromatic nitrogens is 1. The summed E-state index contributed by atoms with van der Waals surface area (Å²) >= 11 is 1.82. The highest BCUT2D eigenvalue weighted by atomic mass is 32.1. The first-order valence-corrected chi connectivity index (χ1v) is 9.01. The Balaban J connectivity index is 1.90. The first-order chi connectivity index (χ1) is 10.4. The number of benzene rings is 1. The molecule has 120 valence electrons. The molecule has 0 spiro atoms. The van der Waals surface area contributed by atoms with Gasteiger partial charge < -0.3 is 5.32 Å². The maximum absolute atomic E-state index is 4.93. The van der Waals surface area contributed by atoms with Crippen LogP contribution in [-0.4, -0.2) is 30.5 Å². The van der Waals surface area contributed by atoms with Gasteiger partial charge in [0.15, 0.2) is 0 Å². The molecular weight excluding hydrogens is 290 g/mol. The normalized spacial score (nSPS) is 23.4. The standard InChI is InChI=1S/C18H27N3S/c1-12-6-8-14(19-11-12)13-7-9-16-15(10-13)20-17(22-16)18(2,3)21(4)5/h7,9-10,12,14,19H,6,8,11H2,1-5H3/t12-,14?/m0/s1. The van der Waals surface area contributed by atoms with E-state index in [2.05, 4.69) is 63.3 Å². The molecule has 1 aliphatic heterocycles. The monoisotopic (exact) mass is 317 g/mol. The molecule has 1 N–H and O–H groups in total. The zero-order valence-corrected chi connectivity index (χ0v) is 15.1. The van der Waals surface area contributed by atoms with Gasteiger partial charge in [0.2, 0.25) is 0 Å². The lowest BCUT2D eigenvalue weighted by Crippen LogP contribution is -2.35. The number of thiazole rings is 1. The lowest BCUT2D eigenvalue weighted by molar-refractivity contribution is 0.197. The largest absolute Gasteiger partial charge is 0.310 e. The maximum atomic E-state index is 4.93. The molecule has 0 radical (unpaired) electrons. The summed E-state index contributed by atoms with van der Waals surface area (Å²) in [7, 11) is 4.23. The fourth-order valence-electron chi connectivity index (χ4n) is 2.90. The minimum Gasteiger partial charge on any atom is -0.310 e. The molecule has 1 unspecified atom stereocenters. The third kappa shape index (κ3) is 2.92. The molecule has 0 saturated carbocycles. The van der Waals surface area contributed by atoms with Gasteiger partial charge in [0.1, 0.15) is 5.01 Å². The van der Waals surface area contributed by atoms with Crippen molar-refractivity contribution in [2.24, 2.45) is 5.92 Å². The van der Waals surface area contributed by atoms with Crippen molar-refractivity contribution < 1.29 is 0 Å². The van der Waals surface area contributed by atoms with Gasteiger partial charge in [-0.15, -0.1) is 11.3 Å². The van der Waals surface area contributed by atoms with E-state index in [1.54, 1.807) is 0 Å². The molecule has 4 heteroatoms. The first-order valence-electron chi connectivity index (χ1n) is 8.19. The van der Waals surface area contributed by atoms with Crippen LogP contribution >= 0.6 is 11.3 Å². The summed E-state index contributed by atoms with van der Waals surface area (Å²) in [4.78, 5) is 7.16. The van der Waals surface area contributed by atoms with Crippen LogP contribution in [-0.2, 0) is 5.54 Å². The Labute approximate surface area is 137 Å². The second kappa shape index (κ2) is 5.91. The molecule has 22 heavy (non-hydrogen) atoms. The molecule has 0 aliphatic carbocycles. The summed E-state index contributed by atoms with van der Waals surface area (Å²) in [5.41, 5.74) is 2.51. The van der Waals surface area contributed by atoms with Crippen LogP contribution < -0.4 is 5.32 Å². The lowest BCUT2D eigenvalue weighted by atomic mass is 9.92. The Hall–Kier alpha value is -0.970. The molecule has 2 heterocycles. The van der Waals surface area contributed by atoms with E-state index in [4.69, 9.17) is 4.98 Å². The van der Waals surface area contributed by atoms with Crippen LogP contribution in [0.2, 0.25) is 0 Å². The van der Waals surface area contributed by atoms with Gasteiger partial charge in [-0.05, 0) is 70.9 Å². The number of nitrogens with zero attached hydrogens (tertiary/aromatic N) is 2. The Bertz CT molecular complexity index is 651. The number of nitrogens with one attached hydrogen (secondary N) is 1. The predicted octanol–water partition coefficient (Wildman–Crippen LogP) is 4.15. The zero-order chi connectivity index (χ0) is 15.9. The number of fused-ring (bicyclic) bond motifs is 1. The summed E-state index contributed by atoms with van der Waals surface area (Å²) in [6.07, 6.45) is 2.54. The predicted molar refractivity (Wildman–Crippen MR) is 95.5 cm³/mol. The van der Waals surface area contributed by atoms with Crippen molar-refractivity contribution >= 4 is 21.6 Å². The third-order valence-electron chi connectivity index (χ3n) is 5.12. The Morgan fingerprint density at radius 1 is 1.27 bits per heavy atom. The van der Waals surface area contributed by atoms with E-state index in [9.17, 15) is 0 Å². The highest BCUT2D eigenvalue weighted by molar-refractivity contribution is 7.18. The molecule has 0 bridgehead atoms. The number of rotatable bonds is 3. The second-order valence-corrected chi connectivity index (χ2v) is 8.37. The summed E-state index contributed by atoms with van der Waals surface area (Å²) in [6, 6.07) is 7.31. The smallest absolute Gasteiger partial charge is 0.114 e. The topological polar surface area (TPSA) is 28.2 Å². The van der Waals surface area contributed by atoms with Gasteiger partial charge in [0.05, 0.1) is 15.8 Å². The molecule has 1 fully saturated rings. The summed E-state index contributed by atoms with van der Waals surface area (Å²) in [5, 5.41) is 4.86. The molecule has 3 rings (SSSR count). The van der Waals surface area contributed by atoms with Crippen LogP contribution in [0.5, 0.6) is 0 Å². The Morgan fingerprint density at radius 2 is 2.05 bits per heavy atom. The molecule has 0 amide bonds. The van der Waals surface area contributed by atoms with Crippen LogP contribution in [0.1, 0.15) is 50.2 Å². The molecule has 2 aromatic rings. The van der Waals surface area contributed by atoms with E-state index in [1.165, 1.54) is 28.1 Å². The molecule has 2 atom stereocenters. The minimum atomic E-state index is -0.0254. The van der Waals surface area contributed by atoms with Gasteiger partial charge in [-0.1, -0.05) is 13.0 Å². The molecule has 3 nitrogen and oxygen atoms in total. The number of hydrogen-bond acceptors (Lipinski definition) is 4. The highest BCUT2D eigenvalue weighted by Crippen LogP contribution is 2.34. The number of piperidine rings is 1. The first kappa shape index (κ1) is 15.9. The van der Waals surface area contributed by atoms with Crippen LogP contribution in [0.15, 0.2) is 18.2 Å². The van der Waals surface area contributed by atoms with Crippen molar-refractivity contribution in [1.29, 1.82) is 0 Å². The molecular formula is C18H27N3S. The van der Waals surface area contributed by atoms with Crippen molar-refractivity contribution in [3.8, 4) is 0 Å². The zero-order valence-electron chi connectivity index (χ0n) is 14.3. The molecule has 1 aromatic carbocycles. The van der Waals surface area contributed by atoms with Crippen LogP contribution in [0.25, 0.3) is 10.2 Å². The van der Waals surface area contributed by atoms with E-state index in [0.29, 0.717) is 6.04 Å². The van der Waals surface area contributed by atoms with Crippen LogP contribution in [0.3, 0.4) is 0 Å². The van der Waals surface area contributed by atoms with E-state index in [-0.39, 0.29) is 5.54 Å². The van der Waals surface area contributed by atoms with E-state index >= 15 is 0 Å². The quantitative estimate of drug-likeness (QED) is 0.921. The van der Waals surface area contributed by atoms with E-state index in [0.717, 1.165) is 18.0 Å². The van der Waals surface area contributed by atoms with Gasteiger partial charge >= 0.3 is 0 Å². The van der Waals surface area contributed by atoms with Crippen molar-refractivity contribution in [1.82, 2.24) is 15.2 Å². The molecule has 1 aliphatic rings. The van der Waals surface area contributed by atoms with E-state index in [1.807, 2.05) is 11.3 Å². The van der Waals surface area contributed by atoms with Crippen LogP contribution in [0.4, 0.5) is 0 Å². The highest BCUT2D eigenvalue weighted by Gasteiger charge is 2.27. The average Bonchev–Trinajstić information content (AvgIpc) is 2.91. The fourth-order valence-corrected chi connectivity index (χ4v) is 4.03. The van der Waals surface area contributed by atoms with Crippen molar-refractivity contribution in [2.45, 2.75) is 45.2 Å². The minimum absolute atomic E-state index is 0.0254. The average molecular weight is 318 g/mol. The summed E-state index contributed by atoms with van der Waals surface area (Å²) < 4.78 is 1.29. The summed E-state index contributed by atoms with van der Waals surface area (Å²) in [5.74, 6) is 0.798. The van der Waals surface area contributed by atoms with Crippen molar-refractivity contribution in [2.75, 3.05) is 20.6 Å². The number of hydrogen-bond donors (Lipinski definition) is 1. The van der Waals surface area contributed by atoms with Gasteiger partial charge in [-0.3, -0.25) is 4.90 Å². The SMILES string of the molecule is C[C@H]1CCC(c2ccc3sc(C(C)(C)N(C)C)nc3c2)NC1. The van der Waals surface area contributed by atoms with Gasteiger partial charge in [0, 0.05) is 6.04 Å².